The van der Waals surface area contributed by atoms with Gasteiger partial charge in [0.2, 0.25) is 0 Å². The van der Waals surface area contributed by atoms with Gasteiger partial charge in [-0.25, -0.2) is 0 Å². The number of aliphatic hydroxyl groups excluding tert-OH is 1. The van der Waals surface area contributed by atoms with Gasteiger partial charge in [-0.1, -0.05) is 6.42 Å². The van der Waals surface area contributed by atoms with E-state index in [1.54, 1.807) is 4.88 Å². The number of hydrogen-bond donors (Lipinski definition) is 1. The molecule has 3 rings (SSSR count). The van der Waals surface area contributed by atoms with Gasteiger partial charge in [0, 0.05) is 9.75 Å². The Labute approximate surface area is 95.1 Å². The first kappa shape index (κ1) is 9.86. The Bertz CT molecular complexity index is 328. The lowest BCUT2D eigenvalue weighted by Gasteiger charge is -2.29. The topological polar surface area (TPSA) is 20.2 Å². The second kappa shape index (κ2) is 3.91. The fraction of sp³-hybridized carbons (Fsp3) is 0.692. The highest BCUT2D eigenvalue weighted by Gasteiger charge is 2.28. The smallest absolute Gasteiger partial charge is 0.0910 e. The maximum atomic E-state index is 10.2. The van der Waals surface area contributed by atoms with Crippen LogP contribution in [-0.4, -0.2) is 5.11 Å². The van der Waals surface area contributed by atoms with Crippen molar-refractivity contribution < 1.29 is 5.11 Å². The summed E-state index contributed by atoms with van der Waals surface area (Å²) in [6.45, 7) is 0. The first-order chi connectivity index (χ1) is 7.34. The predicted octanol–water partition coefficient (Wildman–Crippen LogP) is 3.46. The van der Waals surface area contributed by atoms with Crippen LogP contribution in [0.15, 0.2) is 6.07 Å². The molecule has 2 aliphatic rings. The molecule has 1 heterocycles. The molecule has 15 heavy (non-hydrogen) atoms. The van der Waals surface area contributed by atoms with Crippen LogP contribution in [0.2, 0.25) is 0 Å². The Morgan fingerprint density at radius 1 is 1.20 bits per heavy atom. The van der Waals surface area contributed by atoms with Crippen molar-refractivity contribution in [3.63, 3.8) is 0 Å². The van der Waals surface area contributed by atoms with E-state index in [1.165, 1.54) is 55.4 Å². The Morgan fingerprint density at radius 3 is 2.67 bits per heavy atom. The summed E-state index contributed by atoms with van der Waals surface area (Å²) in [6.07, 6.45) is 8.77. The summed E-state index contributed by atoms with van der Waals surface area (Å²) in [7, 11) is 0. The highest BCUT2D eigenvalue weighted by atomic mass is 32.1. The van der Waals surface area contributed by atoms with E-state index >= 15 is 0 Å². The molecule has 0 aliphatic heterocycles. The first-order valence-corrected chi connectivity index (χ1v) is 6.96. The Hall–Kier alpha value is -0.340. The summed E-state index contributed by atoms with van der Waals surface area (Å²) in [5.41, 5.74) is 1.53. The fourth-order valence-electron chi connectivity index (χ4n) is 2.65. The third kappa shape index (κ3) is 1.74. The summed E-state index contributed by atoms with van der Waals surface area (Å²) < 4.78 is 0. The molecule has 0 aromatic carbocycles. The average Bonchev–Trinajstić information content (AvgIpc) is 2.58. The molecule has 82 valence electrons. The second-order valence-corrected chi connectivity index (χ2v) is 6.11. The van der Waals surface area contributed by atoms with E-state index in [9.17, 15) is 5.11 Å². The molecule has 1 unspecified atom stereocenters. The van der Waals surface area contributed by atoms with E-state index in [0.717, 1.165) is 0 Å². The van der Waals surface area contributed by atoms with Gasteiger partial charge in [0.15, 0.2) is 0 Å². The van der Waals surface area contributed by atoms with Crippen molar-refractivity contribution in [1.29, 1.82) is 0 Å². The summed E-state index contributed by atoms with van der Waals surface area (Å²) in [5.74, 6) is 0.560. The van der Waals surface area contributed by atoms with Crippen molar-refractivity contribution in [2.45, 2.75) is 51.0 Å². The summed E-state index contributed by atoms with van der Waals surface area (Å²) in [4.78, 5) is 2.79. The molecule has 1 aromatic heterocycles. The number of fused-ring (bicyclic) bond motifs is 1. The SMILES string of the molecule is OC(c1cc2c(s1)CCCC2)C1CCC1. The van der Waals surface area contributed by atoms with Crippen LogP contribution >= 0.6 is 11.3 Å². The van der Waals surface area contributed by atoms with Crippen molar-refractivity contribution in [3.05, 3.63) is 21.4 Å². The lowest BCUT2D eigenvalue weighted by Crippen LogP contribution is -2.19. The van der Waals surface area contributed by atoms with Gasteiger partial charge < -0.3 is 5.11 Å². The van der Waals surface area contributed by atoms with Crippen molar-refractivity contribution in [3.8, 4) is 0 Å². The molecule has 0 bridgehead atoms. The first-order valence-electron chi connectivity index (χ1n) is 6.14. The van der Waals surface area contributed by atoms with Gasteiger partial charge in [0.1, 0.15) is 0 Å². The Balaban J connectivity index is 1.82. The van der Waals surface area contributed by atoms with Crippen LogP contribution in [-0.2, 0) is 12.8 Å². The van der Waals surface area contributed by atoms with Gasteiger partial charge in [-0.3, -0.25) is 0 Å². The van der Waals surface area contributed by atoms with E-state index in [1.807, 2.05) is 11.3 Å². The van der Waals surface area contributed by atoms with Gasteiger partial charge in [0.25, 0.3) is 0 Å². The average molecular weight is 222 g/mol. The predicted molar refractivity (Wildman–Crippen MR) is 63.3 cm³/mol. The van der Waals surface area contributed by atoms with Crippen LogP contribution < -0.4 is 0 Å². The van der Waals surface area contributed by atoms with Crippen LogP contribution in [0, 0.1) is 5.92 Å². The van der Waals surface area contributed by atoms with Gasteiger partial charge in [-0.05, 0) is 56.1 Å². The van der Waals surface area contributed by atoms with Crippen LogP contribution in [0.1, 0.15) is 53.5 Å². The third-order valence-corrected chi connectivity index (χ3v) is 5.21. The largest absolute Gasteiger partial charge is 0.387 e. The molecule has 0 spiro atoms. The quantitative estimate of drug-likeness (QED) is 0.812. The van der Waals surface area contributed by atoms with E-state index in [0.29, 0.717) is 5.92 Å². The minimum Gasteiger partial charge on any atom is -0.387 e. The van der Waals surface area contributed by atoms with Crippen molar-refractivity contribution >= 4 is 11.3 Å². The maximum Gasteiger partial charge on any atom is 0.0910 e. The van der Waals surface area contributed by atoms with E-state index in [4.69, 9.17) is 0 Å². The number of rotatable bonds is 2. The lowest BCUT2D eigenvalue weighted by atomic mass is 9.80. The standard InChI is InChI=1S/C13H18OS/c14-13(9-5-3-6-9)12-8-10-4-1-2-7-11(10)15-12/h8-9,13-14H,1-7H2. The second-order valence-electron chi connectivity index (χ2n) is 4.94. The lowest BCUT2D eigenvalue weighted by molar-refractivity contribution is 0.0649. The van der Waals surface area contributed by atoms with E-state index < -0.39 is 0 Å². The molecule has 0 amide bonds. The number of aliphatic hydroxyl groups is 1. The minimum atomic E-state index is -0.158. The number of hydrogen-bond acceptors (Lipinski definition) is 2. The molecule has 0 radical (unpaired) electrons. The van der Waals surface area contributed by atoms with Crippen LogP contribution in [0.5, 0.6) is 0 Å². The monoisotopic (exact) mass is 222 g/mol. The van der Waals surface area contributed by atoms with Gasteiger partial charge in [-0.2, -0.15) is 0 Å². The molecule has 2 aliphatic carbocycles. The molecule has 1 atom stereocenters. The van der Waals surface area contributed by atoms with Gasteiger partial charge in [-0.15, -0.1) is 11.3 Å². The highest BCUT2D eigenvalue weighted by molar-refractivity contribution is 7.12. The molecule has 1 nitrogen and oxygen atoms in total. The zero-order valence-corrected chi connectivity index (χ0v) is 9.85. The molecule has 0 saturated heterocycles. The van der Waals surface area contributed by atoms with E-state index in [-0.39, 0.29) is 6.10 Å². The van der Waals surface area contributed by atoms with E-state index in [2.05, 4.69) is 6.07 Å². The molecule has 1 saturated carbocycles. The van der Waals surface area contributed by atoms with Gasteiger partial charge >= 0.3 is 0 Å². The molecular weight excluding hydrogens is 204 g/mol. The Morgan fingerprint density at radius 2 is 2.00 bits per heavy atom. The Kier molecular flexibility index (Phi) is 2.57. The fourth-order valence-corrected chi connectivity index (χ4v) is 3.98. The molecule has 1 N–H and O–H groups in total. The van der Waals surface area contributed by atoms with Gasteiger partial charge in [0.05, 0.1) is 6.10 Å². The third-order valence-electron chi connectivity index (χ3n) is 3.90. The minimum absolute atomic E-state index is 0.158. The summed E-state index contributed by atoms with van der Waals surface area (Å²) >= 11 is 1.87. The van der Waals surface area contributed by atoms with Crippen molar-refractivity contribution in [2.24, 2.45) is 5.92 Å². The number of thiophene rings is 1. The van der Waals surface area contributed by atoms with Crippen LogP contribution in [0.4, 0.5) is 0 Å². The summed E-state index contributed by atoms with van der Waals surface area (Å²) in [6, 6.07) is 2.28. The van der Waals surface area contributed by atoms with Crippen LogP contribution in [0.25, 0.3) is 0 Å². The van der Waals surface area contributed by atoms with Crippen molar-refractivity contribution in [2.75, 3.05) is 0 Å². The normalized spacial score (nSPS) is 23.3. The summed E-state index contributed by atoms with van der Waals surface area (Å²) in [5, 5.41) is 10.2. The highest BCUT2D eigenvalue weighted by Crippen LogP contribution is 2.41. The molecule has 1 aromatic rings. The maximum absolute atomic E-state index is 10.2. The molecular formula is C13H18OS. The zero-order valence-electron chi connectivity index (χ0n) is 9.04. The van der Waals surface area contributed by atoms with Crippen molar-refractivity contribution in [1.82, 2.24) is 0 Å². The molecule has 1 fully saturated rings. The van der Waals surface area contributed by atoms with Crippen LogP contribution in [0.3, 0.4) is 0 Å². The number of aryl methyl sites for hydroxylation is 2. The molecule has 2 heteroatoms. The zero-order chi connectivity index (χ0) is 10.3.